The molecule has 4 aliphatic rings. The van der Waals surface area contributed by atoms with Crippen LogP contribution in [0.2, 0.25) is 0 Å². The number of aliphatic hydroxyl groups excluding tert-OH is 4. The summed E-state index contributed by atoms with van der Waals surface area (Å²) in [5.41, 5.74) is 3.99. The van der Waals surface area contributed by atoms with E-state index in [1.165, 1.54) is 40.3 Å². The number of aromatic nitrogens is 2. The Kier molecular flexibility index (Phi) is 25.2. The summed E-state index contributed by atoms with van der Waals surface area (Å²) in [6.45, 7) is 7.07. The minimum Gasteiger partial charge on any atom is -0.467 e. The molecular formula is C52H85N5O22. The molecule has 4 saturated heterocycles. The van der Waals surface area contributed by atoms with Crippen LogP contribution in [-0.4, -0.2) is 229 Å². The van der Waals surface area contributed by atoms with Gasteiger partial charge in [0.25, 0.3) is 5.56 Å². The number of amides is 1. The van der Waals surface area contributed by atoms with E-state index >= 15 is 0 Å². The molecule has 7 N–H and O–H groups in total. The van der Waals surface area contributed by atoms with Gasteiger partial charge in [-0.05, 0) is 38.6 Å². The Hall–Kier alpha value is -4.49. The van der Waals surface area contributed by atoms with Gasteiger partial charge in [-0.2, -0.15) is 0 Å². The highest BCUT2D eigenvalue weighted by molar-refractivity contribution is 5.89. The first-order valence-corrected chi connectivity index (χ1v) is 27.1. The third-order valence-corrected chi connectivity index (χ3v) is 15.0. The van der Waals surface area contributed by atoms with Gasteiger partial charge in [-0.25, -0.2) is 9.59 Å². The van der Waals surface area contributed by atoms with Crippen molar-refractivity contribution in [2.75, 3.05) is 55.6 Å². The van der Waals surface area contributed by atoms with Crippen molar-refractivity contribution in [1.29, 1.82) is 0 Å². The van der Waals surface area contributed by atoms with Gasteiger partial charge in [0.1, 0.15) is 79.3 Å². The lowest BCUT2D eigenvalue weighted by atomic mass is 9.97. The third-order valence-electron chi connectivity index (χ3n) is 15.0. The first kappa shape index (κ1) is 65.3. The van der Waals surface area contributed by atoms with Crippen molar-refractivity contribution in [2.24, 2.45) is 17.6 Å². The molecule has 4 aliphatic heterocycles. The van der Waals surface area contributed by atoms with E-state index < -0.39 is 170 Å². The van der Waals surface area contributed by atoms with Gasteiger partial charge < -0.3 is 83.2 Å². The fraction of sp³-hybridized carbons (Fsp3) is 0.827. The molecule has 1 aromatic rings. The number of rotatable bonds is 28. The number of ether oxygens (including phenoxy) is 11. The number of aromatic amines is 1. The average Bonchev–Trinajstić information content (AvgIpc) is 4.09. The molecule has 0 bridgehead atoms. The molecule has 0 saturated carbocycles. The minimum atomic E-state index is -1.94. The van der Waals surface area contributed by atoms with Crippen LogP contribution in [0.15, 0.2) is 21.9 Å². The van der Waals surface area contributed by atoms with Crippen LogP contribution >= 0.6 is 0 Å². The van der Waals surface area contributed by atoms with Gasteiger partial charge in [0.15, 0.2) is 18.6 Å². The summed E-state index contributed by atoms with van der Waals surface area (Å²) in [6, 6.07) is -2.30. The second-order valence-corrected chi connectivity index (χ2v) is 21.4. The van der Waals surface area contributed by atoms with Crippen molar-refractivity contribution >= 4 is 29.8 Å². The number of nitrogens with two attached hydrogens (primary N) is 1. The molecule has 19 atom stereocenters. The number of carbonyl (C=O) groups excluding carboxylic acids is 5. The minimum absolute atomic E-state index is 0.204. The monoisotopic (exact) mass is 1130 g/mol. The fourth-order valence-electron chi connectivity index (χ4n) is 10.7. The van der Waals surface area contributed by atoms with Gasteiger partial charge in [-0.3, -0.25) is 38.4 Å². The standard InChI is InChI=1S/C52H85N5O22/c1-26(2)17-15-13-11-12-14-16-18-29(74-33(59)21-27(3)22-34(60)77-51-46(71-9)45(70-8)42(69-7)28(4)73-51)23-35(61)75-31-25-55(5)37(47(66)56(6)36(31)49(67)72-10)43(79-50-41(65)38(62)30(24-53)76-50)44-39(63)40(64)48(78-44)57-20-19-32(58)54-52(57)68/h19-20,26-31,36-46,48,50-51,62-65H,11-18,21-25,53H2,1-10H3,(H,54,58,68). The molecule has 1 amide bonds. The lowest BCUT2D eigenvalue weighted by Gasteiger charge is -2.43. The van der Waals surface area contributed by atoms with Crippen LogP contribution in [0.25, 0.3) is 0 Å². The number of methoxy groups -OCH3 is 4. The SMILES string of the molecule is COC(=O)C1C(OC(=O)CC(CCCCCCCCC(C)C)OC(=O)CC(C)CC(=O)OC2OC(C)C(OC)C(OC)C2OC)CN(C)C(C(OC2OC(CN)C(O)C2O)C2OC(n3ccc(=O)[nH]c3=O)C(O)C2O)C(=O)N1C. The summed E-state index contributed by atoms with van der Waals surface area (Å²) in [5, 5.41) is 44.7. The van der Waals surface area contributed by atoms with Crippen LogP contribution in [0.3, 0.4) is 0 Å². The first-order chi connectivity index (χ1) is 37.5. The molecule has 0 aromatic carbocycles. The quantitative estimate of drug-likeness (QED) is 0.0333. The van der Waals surface area contributed by atoms with Crippen molar-refractivity contribution in [1.82, 2.24) is 19.4 Å². The first-order valence-electron chi connectivity index (χ1n) is 27.1. The molecule has 1 aromatic heterocycles. The molecule has 5 heterocycles. The highest BCUT2D eigenvalue weighted by Crippen LogP contribution is 2.37. The van der Waals surface area contributed by atoms with E-state index in [0.29, 0.717) is 12.3 Å². The largest absolute Gasteiger partial charge is 0.467 e. The zero-order valence-electron chi connectivity index (χ0n) is 47.0. The molecule has 27 nitrogen and oxygen atoms in total. The lowest BCUT2D eigenvalue weighted by molar-refractivity contribution is -0.297. The van der Waals surface area contributed by atoms with Gasteiger partial charge in [-0.15, -0.1) is 0 Å². The number of H-pyrrole nitrogens is 1. The van der Waals surface area contributed by atoms with Crippen molar-refractivity contribution in [3.05, 3.63) is 33.1 Å². The van der Waals surface area contributed by atoms with Crippen LogP contribution in [0, 0.1) is 11.8 Å². The van der Waals surface area contributed by atoms with Gasteiger partial charge in [0.05, 0.1) is 19.6 Å². The van der Waals surface area contributed by atoms with Crippen LogP contribution in [0.1, 0.15) is 105 Å². The number of nitrogens with one attached hydrogen (secondary N) is 1. The summed E-state index contributed by atoms with van der Waals surface area (Å²) in [5.74, 6) is -4.19. The van der Waals surface area contributed by atoms with E-state index in [1.54, 1.807) is 13.8 Å². The van der Waals surface area contributed by atoms with E-state index in [1.807, 2.05) is 4.98 Å². The second-order valence-electron chi connectivity index (χ2n) is 21.4. The Bertz CT molecular complexity index is 2250. The van der Waals surface area contributed by atoms with Crippen molar-refractivity contribution in [3.63, 3.8) is 0 Å². The van der Waals surface area contributed by atoms with Gasteiger partial charge in [0, 0.05) is 66.6 Å². The molecule has 5 rings (SSSR count). The highest BCUT2D eigenvalue weighted by Gasteiger charge is 2.57. The number of aliphatic hydroxyl groups is 4. The van der Waals surface area contributed by atoms with Crippen LogP contribution in [-0.2, 0) is 76.1 Å². The molecule has 0 aliphatic carbocycles. The van der Waals surface area contributed by atoms with Gasteiger partial charge in [-0.1, -0.05) is 59.3 Å². The van der Waals surface area contributed by atoms with E-state index in [0.717, 1.165) is 67.4 Å². The predicted octanol–water partition coefficient (Wildman–Crippen LogP) is -1.000. The fourth-order valence-corrected chi connectivity index (χ4v) is 10.7. The molecule has 19 unspecified atom stereocenters. The number of carbonyl (C=O) groups is 5. The third kappa shape index (κ3) is 16.8. The highest BCUT2D eigenvalue weighted by atomic mass is 16.7. The Balaban J connectivity index is 1.35. The Morgan fingerprint density at radius 2 is 1.37 bits per heavy atom. The number of esters is 4. The average molecular weight is 1130 g/mol. The van der Waals surface area contributed by atoms with E-state index in [2.05, 4.69) is 13.8 Å². The summed E-state index contributed by atoms with van der Waals surface area (Å²) in [6.07, 6.45) is -14.4. The lowest BCUT2D eigenvalue weighted by Crippen LogP contribution is -2.59. The summed E-state index contributed by atoms with van der Waals surface area (Å²) in [4.78, 5) is 98.7. The van der Waals surface area contributed by atoms with E-state index in [-0.39, 0.29) is 25.8 Å². The maximum Gasteiger partial charge on any atom is 0.332 e. The number of hydrogen-bond donors (Lipinski definition) is 6. The zero-order valence-corrected chi connectivity index (χ0v) is 47.0. The van der Waals surface area contributed by atoms with Crippen molar-refractivity contribution in [2.45, 2.75) is 209 Å². The number of likely N-dealkylation sites (N-methyl/N-ethyl adjacent to an activating group) is 2. The van der Waals surface area contributed by atoms with Crippen LogP contribution in [0.4, 0.5) is 0 Å². The summed E-state index contributed by atoms with van der Waals surface area (Å²) in [7, 11) is 8.10. The Morgan fingerprint density at radius 3 is 1.96 bits per heavy atom. The van der Waals surface area contributed by atoms with Gasteiger partial charge in [0.2, 0.25) is 12.2 Å². The molecule has 450 valence electrons. The summed E-state index contributed by atoms with van der Waals surface area (Å²) < 4.78 is 64.2. The molecule has 0 radical (unpaired) electrons. The van der Waals surface area contributed by atoms with E-state index in [4.69, 9.17) is 57.8 Å². The van der Waals surface area contributed by atoms with Crippen molar-refractivity contribution < 1.29 is 96.5 Å². The predicted molar refractivity (Wildman–Crippen MR) is 274 cm³/mol. The zero-order chi connectivity index (χ0) is 58.4. The number of nitrogens with zero attached hydrogens (tertiary/aromatic N) is 3. The van der Waals surface area contributed by atoms with E-state index in [9.17, 15) is 54.0 Å². The smallest absolute Gasteiger partial charge is 0.332 e. The molecule has 0 spiro atoms. The maximum absolute atomic E-state index is 14.9. The van der Waals surface area contributed by atoms with Crippen LogP contribution in [0.5, 0.6) is 0 Å². The molecule has 79 heavy (non-hydrogen) atoms. The van der Waals surface area contributed by atoms with Crippen LogP contribution < -0.4 is 17.0 Å². The Labute approximate surface area is 459 Å². The Morgan fingerprint density at radius 1 is 0.747 bits per heavy atom. The molecule has 27 heteroatoms. The topological polar surface area (TPSA) is 355 Å². The maximum atomic E-state index is 14.9. The van der Waals surface area contributed by atoms with Crippen molar-refractivity contribution in [3.8, 4) is 0 Å². The number of unbranched alkanes of at least 4 members (excludes halogenated alkanes) is 5. The molecular weight excluding hydrogens is 1050 g/mol. The molecule has 4 fully saturated rings. The second kappa shape index (κ2) is 30.5. The number of hydrogen-bond acceptors (Lipinski definition) is 24. The summed E-state index contributed by atoms with van der Waals surface area (Å²) >= 11 is 0. The normalized spacial score (nSPS) is 32.6. The van der Waals surface area contributed by atoms with Gasteiger partial charge >= 0.3 is 29.6 Å².